The fourth-order valence-corrected chi connectivity index (χ4v) is 10.8. The number of carbonyl (C=O) groups is 1. The first-order valence-electron chi connectivity index (χ1n) is 14.0. The van der Waals surface area contributed by atoms with E-state index in [0.29, 0.717) is 25.2 Å². The maximum atomic E-state index is 12.8. The first kappa shape index (κ1) is 25.7. The number of rotatable bonds is 2. The van der Waals surface area contributed by atoms with Crippen LogP contribution in [0.2, 0.25) is 0 Å². The fourth-order valence-electron chi connectivity index (χ4n) is 10.8. The molecule has 5 heteroatoms. The molecule has 35 heavy (non-hydrogen) atoms. The molecule has 0 saturated heterocycles. The molecule has 4 N–H and O–H groups in total. The molecule has 5 aliphatic carbocycles. The van der Waals surface area contributed by atoms with E-state index in [2.05, 4.69) is 47.6 Å². The van der Waals surface area contributed by atoms with Gasteiger partial charge in [-0.05, 0) is 97.2 Å². The van der Waals surface area contributed by atoms with Gasteiger partial charge in [0.15, 0.2) is 0 Å². The highest BCUT2D eigenvalue weighted by atomic mass is 16.4. The standard InChI is InChI=1S/C30H48O5/c1-25(2)13-14-30(24(34)35)19(15-25)18-7-8-21-26(3)11-10-22(32)27(4,17-31)20(26)9-12-28(21,5)29(18,6)16-23(30)33/h7,19-23,31-33H,8-17H2,1-6H3,(H,34,35)/t19-,20-,21-,22+,23-,26+,27+,28-,29-,30-/m1/s1. The van der Waals surface area contributed by atoms with Crippen molar-refractivity contribution in [2.24, 2.45) is 50.2 Å². The van der Waals surface area contributed by atoms with E-state index in [1.807, 2.05) is 0 Å². The van der Waals surface area contributed by atoms with Crippen LogP contribution in [0.3, 0.4) is 0 Å². The van der Waals surface area contributed by atoms with Crippen LogP contribution in [0.4, 0.5) is 0 Å². The number of aliphatic hydroxyl groups is 3. The zero-order valence-corrected chi connectivity index (χ0v) is 22.7. The predicted octanol–water partition coefficient (Wildman–Crippen LogP) is 5.18. The summed E-state index contributed by atoms with van der Waals surface area (Å²) in [4.78, 5) is 12.8. The van der Waals surface area contributed by atoms with Gasteiger partial charge < -0.3 is 20.4 Å². The van der Waals surface area contributed by atoms with Gasteiger partial charge in [-0.2, -0.15) is 0 Å². The molecule has 0 aromatic rings. The molecule has 5 rings (SSSR count). The van der Waals surface area contributed by atoms with E-state index >= 15 is 0 Å². The second-order valence-corrected chi connectivity index (χ2v) is 15.0. The molecule has 0 unspecified atom stereocenters. The molecule has 5 nitrogen and oxygen atoms in total. The lowest BCUT2D eigenvalue weighted by Crippen LogP contribution is -2.68. The van der Waals surface area contributed by atoms with Gasteiger partial charge in [0.2, 0.25) is 0 Å². The van der Waals surface area contributed by atoms with Crippen molar-refractivity contribution >= 4 is 5.97 Å². The highest BCUT2D eigenvalue weighted by Gasteiger charge is 2.71. The van der Waals surface area contributed by atoms with Crippen LogP contribution in [0.15, 0.2) is 11.6 Å². The summed E-state index contributed by atoms with van der Waals surface area (Å²) in [5, 5.41) is 43.5. The third-order valence-electron chi connectivity index (χ3n) is 13.2. The topological polar surface area (TPSA) is 98.0 Å². The van der Waals surface area contributed by atoms with Gasteiger partial charge in [0.05, 0.1) is 18.8 Å². The first-order valence-corrected chi connectivity index (χ1v) is 14.0. The van der Waals surface area contributed by atoms with E-state index < -0.39 is 29.0 Å². The van der Waals surface area contributed by atoms with Gasteiger partial charge in [-0.3, -0.25) is 4.79 Å². The Labute approximate surface area is 211 Å². The largest absolute Gasteiger partial charge is 0.481 e. The van der Waals surface area contributed by atoms with Crippen molar-refractivity contribution < 1.29 is 25.2 Å². The maximum absolute atomic E-state index is 12.8. The monoisotopic (exact) mass is 488 g/mol. The van der Waals surface area contributed by atoms with Crippen LogP contribution in [0.5, 0.6) is 0 Å². The summed E-state index contributed by atoms with van der Waals surface area (Å²) in [7, 11) is 0. The van der Waals surface area contributed by atoms with Crippen molar-refractivity contribution in [2.75, 3.05) is 6.61 Å². The number of carboxylic acids is 1. The number of carboxylic acid groups (broad SMARTS) is 1. The van der Waals surface area contributed by atoms with E-state index in [4.69, 9.17) is 0 Å². The molecular formula is C30H48O5. The maximum Gasteiger partial charge on any atom is 0.312 e. The molecular weight excluding hydrogens is 440 g/mol. The molecule has 10 atom stereocenters. The molecule has 0 radical (unpaired) electrons. The van der Waals surface area contributed by atoms with Gasteiger partial charge >= 0.3 is 5.97 Å². The molecule has 198 valence electrons. The molecule has 0 spiro atoms. The number of hydrogen-bond acceptors (Lipinski definition) is 4. The smallest absolute Gasteiger partial charge is 0.312 e. The minimum absolute atomic E-state index is 0.00707. The van der Waals surface area contributed by atoms with Gasteiger partial charge in [-0.1, -0.05) is 53.2 Å². The van der Waals surface area contributed by atoms with E-state index in [0.717, 1.165) is 38.5 Å². The van der Waals surface area contributed by atoms with Crippen molar-refractivity contribution in [2.45, 2.75) is 112 Å². The summed E-state index contributed by atoms with van der Waals surface area (Å²) in [6.07, 6.45) is 8.30. The summed E-state index contributed by atoms with van der Waals surface area (Å²) >= 11 is 0. The molecule has 0 aliphatic heterocycles. The Morgan fingerprint density at radius 3 is 2.23 bits per heavy atom. The summed E-state index contributed by atoms with van der Waals surface area (Å²) < 4.78 is 0. The SMILES string of the molecule is CC1(C)CC[C@]2(C(=O)O)[C@H](O)C[C@]3(C)C(=CC[C@@H]4[C@@]5(C)CC[C@H](O)[C@@](C)(CO)[C@@H]5CC[C@]43C)[C@H]2C1. The highest BCUT2D eigenvalue weighted by Crippen LogP contribution is 2.75. The van der Waals surface area contributed by atoms with Crippen molar-refractivity contribution in [1.29, 1.82) is 0 Å². The number of aliphatic hydroxyl groups excluding tert-OH is 3. The summed E-state index contributed by atoms with van der Waals surface area (Å²) in [6.45, 7) is 13.7. The Kier molecular flexibility index (Phi) is 5.56. The average Bonchev–Trinajstić information content (AvgIpc) is 2.76. The molecule has 0 amide bonds. The number of aliphatic carboxylic acids is 1. The fraction of sp³-hybridized carbons (Fsp3) is 0.900. The highest BCUT2D eigenvalue weighted by molar-refractivity contribution is 5.77. The quantitative estimate of drug-likeness (QED) is 0.402. The van der Waals surface area contributed by atoms with Gasteiger partial charge in [0, 0.05) is 5.41 Å². The lowest BCUT2D eigenvalue weighted by atomic mass is 9.33. The minimum atomic E-state index is -1.07. The van der Waals surface area contributed by atoms with E-state index in [9.17, 15) is 25.2 Å². The third kappa shape index (κ3) is 3.01. The Bertz CT molecular complexity index is 941. The Morgan fingerprint density at radius 2 is 1.60 bits per heavy atom. The molecule has 0 bridgehead atoms. The van der Waals surface area contributed by atoms with Crippen LogP contribution in [-0.2, 0) is 4.79 Å². The van der Waals surface area contributed by atoms with Crippen molar-refractivity contribution in [1.82, 2.24) is 0 Å². The van der Waals surface area contributed by atoms with Gasteiger partial charge in [-0.25, -0.2) is 0 Å². The van der Waals surface area contributed by atoms with E-state index in [1.54, 1.807) is 0 Å². The molecule has 0 aromatic carbocycles. The predicted molar refractivity (Wildman–Crippen MR) is 135 cm³/mol. The normalized spacial score (nSPS) is 55.0. The van der Waals surface area contributed by atoms with Crippen molar-refractivity contribution in [3.8, 4) is 0 Å². The van der Waals surface area contributed by atoms with Crippen LogP contribution < -0.4 is 0 Å². The van der Waals surface area contributed by atoms with E-state index in [1.165, 1.54) is 5.57 Å². The number of hydrogen-bond donors (Lipinski definition) is 4. The minimum Gasteiger partial charge on any atom is -0.481 e. The second-order valence-electron chi connectivity index (χ2n) is 15.0. The zero-order chi connectivity index (χ0) is 25.8. The Balaban J connectivity index is 1.63. The molecule has 5 aliphatic rings. The summed E-state index contributed by atoms with van der Waals surface area (Å²) in [6, 6.07) is 0. The number of allylic oxidation sites excluding steroid dienone is 2. The lowest BCUT2D eigenvalue weighted by molar-refractivity contribution is -0.226. The van der Waals surface area contributed by atoms with Crippen LogP contribution >= 0.6 is 0 Å². The lowest BCUT2D eigenvalue weighted by Gasteiger charge is -2.71. The summed E-state index contributed by atoms with van der Waals surface area (Å²) in [5.41, 5.74) is -0.522. The first-order chi connectivity index (χ1) is 16.1. The Morgan fingerprint density at radius 1 is 0.914 bits per heavy atom. The second kappa shape index (κ2) is 7.57. The summed E-state index contributed by atoms with van der Waals surface area (Å²) in [5.74, 6) is -0.323. The third-order valence-corrected chi connectivity index (χ3v) is 13.2. The zero-order valence-electron chi connectivity index (χ0n) is 22.7. The van der Waals surface area contributed by atoms with Crippen molar-refractivity contribution in [3.05, 3.63) is 11.6 Å². The average molecular weight is 489 g/mol. The van der Waals surface area contributed by atoms with Gasteiger partial charge in [0.25, 0.3) is 0 Å². The van der Waals surface area contributed by atoms with Crippen LogP contribution in [0.1, 0.15) is 99.3 Å². The van der Waals surface area contributed by atoms with Gasteiger partial charge in [-0.15, -0.1) is 0 Å². The Hall–Kier alpha value is -0.910. The molecule has 4 saturated carbocycles. The van der Waals surface area contributed by atoms with Crippen molar-refractivity contribution in [3.63, 3.8) is 0 Å². The van der Waals surface area contributed by atoms with Crippen LogP contribution in [0, 0.1) is 50.2 Å². The molecule has 4 fully saturated rings. The number of fused-ring (bicyclic) bond motifs is 7. The van der Waals surface area contributed by atoms with E-state index in [-0.39, 0.29) is 40.1 Å². The van der Waals surface area contributed by atoms with Gasteiger partial charge in [0.1, 0.15) is 5.41 Å². The molecule has 0 heterocycles. The van der Waals surface area contributed by atoms with Crippen LogP contribution in [0.25, 0.3) is 0 Å². The van der Waals surface area contributed by atoms with Crippen LogP contribution in [-0.4, -0.2) is 45.2 Å². The molecule has 0 aromatic heterocycles.